The van der Waals surface area contributed by atoms with Gasteiger partial charge in [-0.15, -0.1) is 11.8 Å². The summed E-state index contributed by atoms with van der Waals surface area (Å²) in [6.07, 6.45) is 3.00. The number of benzene rings is 1. The fourth-order valence-electron chi connectivity index (χ4n) is 1.65. The smallest absolute Gasteiger partial charge is 0.0526 e. The van der Waals surface area contributed by atoms with E-state index in [-0.39, 0.29) is 0 Å². The summed E-state index contributed by atoms with van der Waals surface area (Å²) in [5.74, 6) is 0.879. The van der Waals surface area contributed by atoms with E-state index in [1.54, 1.807) is 11.8 Å². The standard InChI is InChI=1S/C15H17BrN2S/c1-2-8-17-12-7-9-18-13(10-12)11-19-15-6-4-3-5-14(15)16/h3-7,9-10H,2,8,11H2,1H3,(H,17,18). The second-order valence-electron chi connectivity index (χ2n) is 4.18. The highest BCUT2D eigenvalue weighted by molar-refractivity contribution is 9.10. The van der Waals surface area contributed by atoms with Crippen molar-refractivity contribution in [2.75, 3.05) is 11.9 Å². The van der Waals surface area contributed by atoms with Gasteiger partial charge in [-0.2, -0.15) is 0 Å². The van der Waals surface area contributed by atoms with Crippen LogP contribution in [0.5, 0.6) is 0 Å². The zero-order valence-electron chi connectivity index (χ0n) is 10.9. The fourth-order valence-corrected chi connectivity index (χ4v) is 3.12. The molecule has 0 saturated carbocycles. The third-order valence-corrected chi connectivity index (χ3v) is 4.67. The molecule has 2 aromatic rings. The minimum atomic E-state index is 0.879. The second kappa shape index (κ2) is 7.56. The predicted molar refractivity (Wildman–Crippen MR) is 86.7 cm³/mol. The van der Waals surface area contributed by atoms with Gasteiger partial charge in [0.15, 0.2) is 0 Å². The average Bonchev–Trinajstić information content (AvgIpc) is 2.45. The normalized spacial score (nSPS) is 10.4. The zero-order valence-corrected chi connectivity index (χ0v) is 13.3. The summed E-state index contributed by atoms with van der Waals surface area (Å²) in [7, 11) is 0. The van der Waals surface area contributed by atoms with Gasteiger partial charge in [0.25, 0.3) is 0 Å². The highest BCUT2D eigenvalue weighted by Crippen LogP contribution is 2.29. The average molecular weight is 337 g/mol. The van der Waals surface area contributed by atoms with Gasteiger partial charge in [0.1, 0.15) is 0 Å². The van der Waals surface area contributed by atoms with E-state index in [1.807, 2.05) is 18.3 Å². The molecule has 0 spiro atoms. The monoisotopic (exact) mass is 336 g/mol. The number of nitrogens with zero attached hydrogens (tertiary/aromatic N) is 1. The molecule has 0 atom stereocenters. The van der Waals surface area contributed by atoms with Crippen molar-refractivity contribution in [3.8, 4) is 0 Å². The Balaban J connectivity index is 1.98. The summed E-state index contributed by atoms with van der Waals surface area (Å²) in [5, 5.41) is 3.39. The van der Waals surface area contributed by atoms with Crippen LogP contribution in [0.1, 0.15) is 19.0 Å². The first-order valence-corrected chi connectivity index (χ1v) is 8.13. The van der Waals surface area contributed by atoms with E-state index in [1.165, 1.54) is 4.90 Å². The molecule has 4 heteroatoms. The van der Waals surface area contributed by atoms with Crippen molar-refractivity contribution in [2.45, 2.75) is 24.0 Å². The van der Waals surface area contributed by atoms with Crippen molar-refractivity contribution in [1.82, 2.24) is 4.98 Å². The molecule has 0 aliphatic carbocycles. The Morgan fingerprint density at radius 3 is 2.89 bits per heavy atom. The van der Waals surface area contributed by atoms with E-state index in [2.05, 4.69) is 57.4 Å². The van der Waals surface area contributed by atoms with Crippen molar-refractivity contribution in [3.63, 3.8) is 0 Å². The lowest BCUT2D eigenvalue weighted by Crippen LogP contribution is -2.00. The van der Waals surface area contributed by atoms with Gasteiger partial charge in [0.2, 0.25) is 0 Å². The molecule has 1 heterocycles. The predicted octanol–water partition coefficient (Wildman–Crippen LogP) is 4.96. The van der Waals surface area contributed by atoms with E-state index in [0.717, 1.165) is 34.6 Å². The summed E-state index contributed by atoms with van der Waals surface area (Å²) in [6.45, 7) is 3.17. The molecule has 0 radical (unpaired) electrons. The summed E-state index contributed by atoms with van der Waals surface area (Å²) in [5.41, 5.74) is 2.25. The minimum absolute atomic E-state index is 0.879. The Morgan fingerprint density at radius 1 is 1.26 bits per heavy atom. The minimum Gasteiger partial charge on any atom is -0.385 e. The number of nitrogens with one attached hydrogen (secondary N) is 1. The first-order valence-electron chi connectivity index (χ1n) is 6.35. The van der Waals surface area contributed by atoms with Gasteiger partial charge in [0.05, 0.1) is 5.69 Å². The van der Waals surface area contributed by atoms with E-state index >= 15 is 0 Å². The third kappa shape index (κ3) is 4.55. The van der Waals surface area contributed by atoms with Gasteiger partial charge >= 0.3 is 0 Å². The molecule has 2 nitrogen and oxygen atoms in total. The Kier molecular flexibility index (Phi) is 5.73. The number of thioether (sulfide) groups is 1. The quantitative estimate of drug-likeness (QED) is 0.754. The molecule has 0 unspecified atom stereocenters. The molecule has 0 bridgehead atoms. The Morgan fingerprint density at radius 2 is 2.11 bits per heavy atom. The van der Waals surface area contributed by atoms with Gasteiger partial charge in [-0.1, -0.05) is 19.1 Å². The highest BCUT2D eigenvalue weighted by Gasteiger charge is 2.02. The van der Waals surface area contributed by atoms with E-state index in [9.17, 15) is 0 Å². The Hall–Kier alpha value is -1.00. The van der Waals surface area contributed by atoms with Crippen molar-refractivity contribution in [3.05, 3.63) is 52.8 Å². The van der Waals surface area contributed by atoms with Crippen molar-refractivity contribution in [1.29, 1.82) is 0 Å². The molecule has 19 heavy (non-hydrogen) atoms. The lowest BCUT2D eigenvalue weighted by atomic mass is 10.3. The summed E-state index contributed by atoms with van der Waals surface area (Å²) in [4.78, 5) is 5.66. The van der Waals surface area contributed by atoms with Crippen LogP contribution in [0.15, 0.2) is 52.0 Å². The zero-order chi connectivity index (χ0) is 13.5. The summed E-state index contributed by atoms with van der Waals surface area (Å²) >= 11 is 5.36. The summed E-state index contributed by atoms with van der Waals surface area (Å²) in [6, 6.07) is 12.4. The number of hydrogen-bond donors (Lipinski definition) is 1. The molecule has 0 fully saturated rings. The number of halogens is 1. The van der Waals surface area contributed by atoms with Crippen LogP contribution in [0.3, 0.4) is 0 Å². The molecule has 2 rings (SSSR count). The van der Waals surface area contributed by atoms with Crippen LogP contribution in [0.25, 0.3) is 0 Å². The second-order valence-corrected chi connectivity index (χ2v) is 6.05. The van der Waals surface area contributed by atoms with Crippen molar-refractivity contribution in [2.24, 2.45) is 0 Å². The molecular formula is C15H17BrN2S. The highest BCUT2D eigenvalue weighted by atomic mass is 79.9. The van der Waals surface area contributed by atoms with Gasteiger partial charge in [-0.05, 0) is 46.6 Å². The van der Waals surface area contributed by atoms with Crippen LogP contribution >= 0.6 is 27.7 Å². The Labute approximate surface area is 127 Å². The van der Waals surface area contributed by atoms with Crippen LogP contribution in [-0.2, 0) is 5.75 Å². The Bertz CT molecular complexity index is 531. The molecule has 1 aromatic heterocycles. The van der Waals surface area contributed by atoms with Crippen molar-refractivity contribution < 1.29 is 0 Å². The first kappa shape index (κ1) is 14.4. The molecule has 0 saturated heterocycles. The maximum atomic E-state index is 4.42. The van der Waals surface area contributed by atoms with Gasteiger partial charge < -0.3 is 5.32 Å². The number of rotatable bonds is 6. The van der Waals surface area contributed by atoms with E-state index in [4.69, 9.17) is 0 Å². The summed E-state index contributed by atoms with van der Waals surface area (Å²) < 4.78 is 1.14. The molecule has 0 amide bonds. The third-order valence-electron chi connectivity index (χ3n) is 2.61. The SMILES string of the molecule is CCCNc1ccnc(CSc2ccccc2Br)c1. The van der Waals surface area contributed by atoms with Crippen LogP contribution in [0.2, 0.25) is 0 Å². The topological polar surface area (TPSA) is 24.9 Å². The molecular weight excluding hydrogens is 320 g/mol. The lowest BCUT2D eigenvalue weighted by Gasteiger charge is -2.07. The lowest BCUT2D eigenvalue weighted by molar-refractivity contribution is 0.977. The fraction of sp³-hybridized carbons (Fsp3) is 0.267. The molecule has 1 aromatic carbocycles. The first-order chi connectivity index (χ1) is 9.29. The van der Waals surface area contributed by atoms with Crippen LogP contribution in [0, 0.1) is 0 Å². The molecule has 0 aliphatic heterocycles. The van der Waals surface area contributed by atoms with Gasteiger partial charge in [0, 0.05) is 33.6 Å². The molecule has 1 N–H and O–H groups in total. The maximum absolute atomic E-state index is 4.42. The molecule has 0 aliphatic rings. The van der Waals surface area contributed by atoms with E-state index in [0.29, 0.717) is 0 Å². The maximum Gasteiger partial charge on any atom is 0.0526 e. The van der Waals surface area contributed by atoms with Crippen LogP contribution in [-0.4, -0.2) is 11.5 Å². The van der Waals surface area contributed by atoms with Crippen molar-refractivity contribution >= 4 is 33.4 Å². The van der Waals surface area contributed by atoms with Crippen LogP contribution < -0.4 is 5.32 Å². The van der Waals surface area contributed by atoms with Gasteiger partial charge in [-0.3, -0.25) is 4.98 Å². The van der Waals surface area contributed by atoms with Crippen LogP contribution in [0.4, 0.5) is 5.69 Å². The molecule has 100 valence electrons. The largest absolute Gasteiger partial charge is 0.385 e. The van der Waals surface area contributed by atoms with Gasteiger partial charge in [-0.25, -0.2) is 0 Å². The number of aromatic nitrogens is 1. The van der Waals surface area contributed by atoms with E-state index < -0.39 is 0 Å². The number of pyridine rings is 1. The number of anilines is 1. The number of hydrogen-bond acceptors (Lipinski definition) is 3.